The molecule has 0 saturated heterocycles. The average Bonchev–Trinajstić information content (AvgIpc) is 3.32. The van der Waals surface area contributed by atoms with Crippen LogP contribution in [0, 0.1) is 5.92 Å². The molecule has 4 heteroatoms. The predicted molar refractivity (Wildman–Crippen MR) is 108 cm³/mol. The van der Waals surface area contributed by atoms with Gasteiger partial charge in [-0.2, -0.15) is 0 Å². The lowest BCUT2D eigenvalue weighted by Crippen LogP contribution is -2.25. The molecule has 2 rings (SSSR count). The van der Waals surface area contributed by atoms with Crippen molar-refractivity contribution < 1.29 is 13.5 Å². The third-order valence-corrected chi connectivity index (χ3v) is 8.02. The van der Waals surface area contributed by atoms with E-state index in [9.17, 15) is 13.5 Å². The highest BCUT2D eigenvalue weighted by Crippen LogP contribution is 2.52. The van der Waals surface area contributed by atoms with Gasteiger partial charge in [-0.3, -0.25) is 0 Å². The topological polar surface area (TPSA) is 54.4 Å². The summed E-state index contributed by atoms with van der Waals surface area (Å²) in [7, 11) is -3.62. The third kappa shape index (κ3) is 5.82. The molecule has 1 fully saturated rings. The van der Waals surface area contributed by atoms with Crippen LogP contribution in [0.3, 0.4) is 0 Å². The van der Waals surface area contributed by atoms with Crippen molar-refractivity contribution in [1.82, 2.24) is 0 Å². The van der Waals surface area contributed by atoms with E-state index >= 15 is 0 Å². The van der Waals surface area contributed by atoms with Crippen LogP contribution in [0.25, 0.3) is 0 Å². The summed E-state index contributed by atoms with van der Waals surface area (Å²) in [4.78, 5) is -1.28. The van der Waals surface area contributed by atoms with Crippen LogP contribution in [0.15, 0.2) is 35.2 Å². The maximum Gasteiger partial charge on any atom is 0.208 e. The molecule has 0 aliphatic heterocycles. The fourth-order valence-corrected chi connectivity index (χ4v) is 5.71. The smallest absolute Gasteiger partial charge is 0.208 e. The second-order valence-corrected chi connectivity index (χ2v) is 10.1. The number of sulfone groups is 1. The fourth-order valence-electron chi connectivity index (χ4n) is 3.81. The molecule has 148 valence electrons. The predicted octanol–water partition coefficient (Wildman–Crippen LogP) is 5.87. The fraction of sp³-hybridized carbons (Fsp3) is 0.727. The van der Waals surface area contributed by atoms with E-state index in [-0.39, 0.29) is 10.8 Å². The minimum absolute atomic E-state index is 0.0914. The molecule has 0 spiro atoms. The highest BCUT2D eigenvalue weighted by Gasteiger charge is 2.62. The summed E-state index contributed by atoms with van der Waals surface area (Å²) in [5.74, 6) is -0.0914. The van der Waals surface area contributed by atoms with Crippen molar-refractivity contribution in [2.45, 2.75) is 100 Å². The molecule has 1 aromatic rings. The molecule has 1 aliphatic rings. The molecule has 1 saturated carbocycles. The molecular formula is C22H36O3S. The highest BCUT2D eigenvalue weighted by molar-refractivity contribution is 7.93. The standard InChI is InChI=1S/C22H36O3S/c1-2-3-4-5-6-7-8-9-10-11-13-16-20-19-22(20,23)26(24,25)21-17-14-12-15-18-21/h12,14-15,17-18,20,23H,2-11,13,16,19H2,1H3. The van der Waals surface area contributed by atoms with Crippen molar-refractivity contribution in [3.8, 4) is 0 Å². The van der Waals surface area contributed by atoms with Crippen LogP contribution in [-0.4, -0.2) is 18.5 Å². The number of benzene rings is 1. The zero-order valence-corrected chi connectivity index (χ0v) is 17.1. The molecule has 1 N–H and O–H groups in total. The first kappa shape index (κ1) is 21.4. The molecule has 3 nitrogen and oxygen atoms in total. The second kappa shape index (κ2) is 10.5. The lowest BCUT2D eigenvalue weighted by molar-refractivity contribution is 0.207. The maximum absolute atomic E-state index is 12.6. The molecule has 0 aromatic heterocycles. The molecule has 0 bridgehead atoms. The largest absolute Gasteiger partial charge is 0.374 e. The first-order valence-electron chi connectivity index (χ1n) is 10.5. The van der Waals surface area contributed by atoms with Crippen LogP contribution in [0.4, 0.5) is 0 Å². The van der Waals surface area contributed by atoms with Crippen molar-refractivity contribution in [3.63, 3.8) is 0 Å². The van der Waals surface area contributed by atoms with Gasteiger partial charge in [0, 0.05) is 5.92 Å². The van der Waals surface area contributed by atoms with Gasteiger partial charge in [-0.1, -0.05) is 95.8 Å². The second-order valence-electron chi connectivity index (χ2n) is 7.89. The molecule has 26 heavy (non-hydrogen) atoms. The number of unbranched alkanes of at least 4 members (excludes halogenated alkanes) is 10. The van der Waals surface area contributed by atoms with Gasteiger partial charge in [-0.05, 0) is 25.0 Å². The SMILES string of the molecule is CCCCCCCCCCCCCC1CC1(O)S(=O)(=O)c1ccccc1. The zero-order valence-electron chi connectivity index (χ0n) is 16.3. The minimum Gasteiger partial charge on any atom is -0.374 e. The molecule has 0 radical (unpaired) electrons. The summed E-state index contributed by atoms with van der Waals surface area (Å²) in [5.41, 5.74) is 0. The Morgan fingerprint density at radius 1 is 0.885 bits per heavy atom. The van der Waals surface area contributed by atoms with Gasteiger partial charge < -0.3 is 5.11 Å². The van der Waals surface area contributed by atoms with Gasteiger partial charge >= 0.3 is 0 Å². The van der Waals surface area contributed by atoms with Crippen LogP contribution < -0.4 is 0 Å². The van der Waals surface area contributed by atoms with E-state index in [4.69, 9.17) is 0 Å². The zero-order chi connectivity index (χ0) is 18.9. The first-order chi connectivity index (χ1) is 12.5. The van der Waals surface area contributed by atoms with Gasteiger partial charge in [0.2, 0.25) is 9.84 Å². The molecule has 2 unspecified atom stereocenters. The van der Waals surface area contributed by atoms with E-state index < -0.39 is 14.8 Å². The van der Waals surface area contributed by atoms with Gasteiger partial charge in [-0.15, -0.1) is 0 Å². The Labute approximate surface area is 160 Å². The Balaban J connectivity index is 1.55. The summed E-state index contributed by atoms with van der Waals surface area (Å²) in [5, 5.41) is 10.5. The number of hydrogen-bond acceptors (Lipinski definition) is 3. The van der Waals surface area contributed by atoms with E-state index in [0.717, 1.165) is 19.3 Å². The molecule has 2 atom stereocenters. The lowest BCUT2D eigenvalue weighted by Gasteiger charge is -2.12. The van der Waals surface area contributed by atoms with Crippen molar-refractivity contribution in [1.29, 1.82) is 0 Å². The summed E-state index contributed by atoms with van der Waals surface area (Å²) < 4.78 is 25.2. The van der Waals surface area contributed by atoms with Gasteiger partial charge in [0.25, 0.3) is 0 Å². The van der Waals surface area contributed by atoms with Gasteiger partial charge in [0.15, 0.2) is 4.93 Å². The maximum atomic E-state index is 12.6. The van der Waals surface area contributed by atoms with Crippen LogP contribution >= 0.6 is 0 Å². The number of aliphatic hydroxyl groups is 1. The van der Waals surface area contributed by atoms with Gasteiger partial charge in [0.05, 0.1) is 4.90 Å². The van der Waals surface area contributed by atoms with E-state index in [1.165, 1.54) is 57.8 Å². The first-order valence-corrected chi connectivity index (χ1v) is 12.0. The van der Waals surface area contributed by atoms with Crippen LogP contribution in [0.2, 0.25) is 0 Å². The van der Waals surface area contributed by atoms with Crippen molar-refractivity contribution in [2.75, 3.05) is 0 Å². The van der Waals surface area contributed by atoms with Crippen LogP contribution in [0.1, 0.15) is 90.4 Å². The molecule has 1 aliphatic carbocycles. The summed E-state index contributed by atoms with van der Waals surface area (Å²) in [6.45, 7) is 2.25. The van der Waals surface area contributed by atoms with E-state index in [0.29, 0.717) is 6.42 Å². The Hall–Kier alpha value is -0.870. The van der Waals surface area contributed by atoms with Gasteiger partial charge in [0.1, 0.15) is 0 Å². The quantitative estimate of drug-likeness (QED) is 0.411. The van der Waals surface area contributed by atoms with E-state index in [2.05, 4.69) is 6.92 Å². The van der Waals surface area contributed by atoms with Crippen LogP contribution in [0.5, 0.6) is 0 Å². The Morgan fingerprint density at radius 3 is 1.92 bits per heavy atom. The monoisotopic (exact) mass is 380 g/mol. The van der Waals surface area contributed by atoms with E-state index in [1.54, 1.807) is 30.3 Å². The van der Waals surface area contributed by atoms with Crippen molar-refractivity contribution in [2.24, 2.45) is 5.92 Å². The Morgan fingerprint density at radius 2 is 1.38 bits per heavy atom. The van der Waals surface area contributed by atoms with E-state index in [1.807, 2.05) is 0 Å². The Kier molecular flexibility index (Phi) is 8.62. The third-order valence-electron chi connectivity index (χ3n) is 5.69. The van der Waals surface area contributed by atoms with Gasteiger partial charge in [-0.25, -0.2) is 8.42 Å². The highest BCUT2D eigenvalue weighted by atomic mass is 32.2. The van der Waals surface area contributed by atoms with Crippen molar-refractivity contribution in [3.05, 3.63) is 30.3 Å². The summed E-state index contributed by atoms with van der Waals surface area (Å²) >= 11 is 0. The Bertz CT molecular complexity index is 612. The molecule has 0 heterocycles. The summed E-state index contributed by atoms with van der Waals surface area (Å²) in [6.07, 6.45) is 15.4. The molecule has 1 aromatic carbocycles. The summed E-state index contributed by atoms with van der Waals surface area (Å²) in [6, 6.07) is 8.35. The lowest BCUT2D eigenvalue weighted by atomic mass is 10.0. The number of rotatable bonds is 14. The molecular weight excluding hydrogens is 344 g/mol. The number of hydrogen-bond donors (Lipinski definition) is 1. The average molecular weight is 381 g/mol. The minimum atomic E-state index is -3.62. The van der Waals surface area contributed by atoms with Crippen LogP contribution in [-0.2, 0) is 9.84 Å². The van der Waals surface area contributed by atoms with Crippen molar-refractivity contribution >= 4 is 9.84 Å². The normalized spacial score (nSPS) is 22.5. The molecule has 0 amide bonds.